The summed E-state index contributed by atoms with van der Waals surface area (Å²) in [5.74, 6) is 0.772. The third-order valence-corrected chi connectivity index (χ3v) is 5.00. The summed E-state index contributed by atoms with van der Waals surface area (Å²) in [6, 6.07) is 13.5. The highest BCUT2D eigenvalue weighted by molar-refractivity contribution is 7.09. The molecule has 27 heavy (non-hydrogen) atoms. The monoisotopic (exact) mass is 379 g/mol. The Labute approximate surface area is 159 Å². The van der Waals surface area contributed by atoms with Crippen LogP contribution in [0.3, 0.4) is 0 Å². The van der Waals surface area contributed by atoms with Gasteiger partial charge in [-0.15, -0.1) is 11.3 Å². The largest absolute Gasteiger partial charge is 0.497 e. The molecule has 136 valence electrons. The van der Waals surface area contributed by atoms with E-state index < -0.39 is 0 Å². The van der Waals surface area contributed by atoms with Crippen LogP contribution in [-0.2, 0) is 13.1 Å². The van der Waals surface area contributed by atoms with Crippen LogP contribution >= 0.6 is 11.3 Å². The number of hydrogen-bond acceptors (Lipinski definition) is 6. The van der Waals surface area contributed by atoms with Crippen LogP contribution in [0, 0.1) is 0 Å². The second kappa shape index (κ2) is 7.55. The summed E-state index contributed by atoms with van der Waals surface area (Å²) in [4.78, 5) is 18.0. The molecule has 0 aliphatic carbocycles. The Kier molecular flexibility index (Phi) is 4.80. The summed E-state index contributed by atoms with van der Waals surface area (Å²) in [7, 11) is 1.63. The smallest absolute Gasteiger partial charge is 0.272 e. The topological polar surface area (TPSA) is 74.8 Å². The van der Waals surface area contributed by atoms with E-state index in [9.17, 15) is 4.79 Å². The molecule has 0 unspecified atom stereocenters. The van der Waals surface area contributed by atoms with Crippen molar-refractivity contribution in [1.29, 1.82) is 0 Å². The first-order valence-corrected chi connectivity index (χ1v) is 9.21. The molecule has 0 N–H and O–H groups in total. The Morgan fingerprint density at radius 3 is 2.70 bits per heavy atom. The molecular formula is C19H17N5O2S. The van der Waals surface area contributed by atoms with Crippen LogP contribution in [0.25, 0.3) is 11.3 Å². The molecule has 0 amide bonds. The molecule has 0 saturated heterocycles. The summed E-state index contributed by atoms with van der Waals surface area (Å²) in [6.07, 6.45) is 3.57. The second-order valence-corrected chi connectivity index (χ2v) is 6.95. The molecule has 0 radical (unpaired) electrons. The zero-order valence-corrected chi connectivity index (χ0v) is 15.5. The Morgan fingerprint density at radius 1 is 1.19 bits per heavy atom. The van der Waals surface area contributed by atoms with E-state index in [-0.39, 0.29) is 12.2 Å². The molecule has 3 aromatic heterocycles. The highest BCUT2D eigenvalue weighted by Gasteiger charge is 2.12. The number of hydrogen-bond donors (Lipinski definition) is 0. The van der Waals surface area contributed by atoms with Gasteiger partial charge in [-0.2, -0.15) is 10.2 Å². The van der Waals surface area contributed by atoms with Gasteiger partial charge in [0.1, 0.15) is 25.1 Å². The van der Waals surface area contributed by atoms with Gasteiger partial charge in [0.2, 0.25) is 0 Å². The van der Waals surface area contributed by atoms with Crippen molar-refractivity contribution in [2.75, 3.05) is 7.11 Å². The summed E-state index contributed by atoms with van der Waals surface area (Å²) < 4.78 is 8.22. The lowest BCUT2D eigenvalue weighted by Crippen LogP contribution is -2.29. The standard InChI is InChI=1S/C19H17N5O2S/c1-26-16-6-4-14(5-7-16)18-10-15(9-17-3-2-8-27-17)19(25)24(22-18)13-23-12-20-11-21-23/h2-8,10-12H,9,13H2,1H3. The van der Waals surface area contributed by atoms with Crippen LogP contribution in [0.4, 0.5) is 0 Å². The molecular weight excluding hydrogens is 362 g/mol. The van der Waals surface area contributed by atoms with Crippen LogP contribution in [0.1, 0.15) is 10.4 Å². The van der Waals surface area contributed by atoms with E-state index in [0.29, 0.717) is 12.0 Å². The van der Waals surface area contributed by atoms with Crippen molar-refractivity contribution in [3.8, 4) is 17.0 Å². The number of benzene rings is 1. The van der Waals surface area contributed by atoms with Crippen LogP contribution in [-0.4, -0.2) is 31.7 Å². The number of rotatable bonds is 6. The molecule has 8 heteroatoms. The quantitative estimate of drug-likeness (QED) is 0.515. The molecule has 0 saturated carbocycles. The number of thiophene rings is 1. The minimum atomic E-state index is -0.129. The lowest BCUT2D eigenvalue weighted by molar-refractivity contribution is 0.415. The van der Waals surface area contributed by atoms with Gasteiger partial charge in [0.25, 0.3) is 5.56 Å². The lowest BCUT2D eigenvalue weighted by Gasteiger charge is -2.11. The maximum absolute atomic E-state index is 12.9. The van der Waals surface area contributed by atoms with Crippen molar-refractivity contribution in [2.24, 2.45) is 0 Å². The van der Waals surface area contributed by atoms with Crippen LogP contribution in [0.15, 0.2) is 65.3 Å². The second-order valence-electron chi connectivity index (χ2n) is 5.92. The van der Waals surface area contributed by atoms with Gasteiger partial charge >= 0.3 is 0 Å². The van der Waals surface area contributed by atoms with Crippen molar-refractivity contribution in [1.82, 2.24) is 24.5 Å². The Bertz CT molecular complexity index is 1010. The number of methoxy groups -OCH3 is 1. The molecule has 4 aromatic rings. The van der Waals surface area contributed by atoms with Gasteiger partial charge in [-0.25, -0.2) is 14.3 Å². The molecule has 0 aliphatic heterocycles. The van der Waals surface area contributed by atoms with Crippen molar-refractivity contribution in [3.05, 3.63) is 81.3 Å². The minimum Gasteiger partial charge on any atom is -0.497 e. The summed E-state index contributed by atoms with van der Waals surface area (Å²) >= 11 is 1.63. The first-order valence-electron chi connectivity index (χ1n) is 8.33. The van der Waals surface area contributed by atoms with Crippen LogP contribution < -0.4 is 10.3 Å². The fraction of sp³-hybridized carbons (Fsp3) is 0.158. The molecule has 0 aliphatic rings. The molecule has 0 spiro atoms. The van der Waals surface area contributed by atoms with E-state index >= 15 is 0 Å². The van der Waals surface area contributed by atoms with Gasteiger partial charge < -0.3 is 4.74 Å². The molecule has 7 nitrogen and oxygen atoms in total. The number of nitrogens with zero attached hydrogens (tertiary/aromatic N) is 5. The Balaban J connectivity index is 1.78. The van der Waals surface area contributed by atoms with Gasteiger partial charge in [0.05, 0.1) is 12.8 Å². The van der Waals surface area contributed by atoms with Gasteiger partial charge in [-0.1, -0.05) is 6.07 Å². The number of aromatic nitrogens is 5. The first kappa shape index (κ1) is 17.2. The molecule has 0 bridgehead atoms. The average molecular weight is 379 g/mol. The zero-order valence-electron chi connectivity index (χ0n) is 14.6. The van der Waals surface area contributed by atoms with Gasteiger partial charge in [0.15, 0.2) is 0 Å². The van der Waals surface area contributed by atoms with Crippen molar-refractivity contribution in [3.63, 3.8) is 0 Å². The fourth-order valence-corrected chi connectivity index (χ4v) is 3.49. The predicted molar refractivity (Wildman–Crippen MR) is 103 cm³/mol. The van der Waals surface area contributed by atoms with Gasteiger partial charge in [-0.05, 0) is 41.8 Å². The van der Waals surface area contributed by atoms with Crippen molar-refractivity contribution >= 4 is 11.3 Å². The van der Waals surface area contributed by atoms with E-state index in [1.54, 1.807) is 29.5 Å². The average Bonchev–Trinajstić information content (AvgIpc) is 3.39. The lowest BCUT2D eigenvalue weighted by atomic mass is 10.1. The van der Waals surface area contributed by atoms with E-state index in [1.165, 1.54) is 11.0 Å². The Morgan fingerprint density at radius 2 is 2.04 bits per heavy atom. The van der Waals surface area contributed by atoms with E-state index in [1.807, 2.05) is 47.8 Å². The SMILES string of the molecule is COc1ccc(-c2cc(Cc3cccs3)c(=O)n(Cn3cncn3)n2)cc1. The molecule has 0 fully saturated rings. The number of ether oxygens (including phenoxy) is 1. The maximum atomic E-state index is 12.9. The summed E-state index contributed by atoms with van der Waals surface area (Å²) in [5, 5.41) is 10.6. The molecule has 1 aromatic carbocycles. The van der Waals surface area contributed by atoms with Crippen LogP contribution in [0.2, 0.25) is 0 Å². The fourth-order valence-electron chi connectivity index (χ4n) is 2.77. The normalized spacial score (nSPS) is 10.9. The minimum absolute atomic E-state index is 0.129. The first-order chi connectivity index (χ1) is 13.2. The molecule has 4 rings (SSSR count). The highest BCUT2D eigenvalue weighted by atomic mass is 32.1. The summed E-state index contributed by atoms with van der Waals surface area (Å²) in [6.45, 7) is 0.209. The molecule has 3 heterocycles. The van der Waals surface area contributed by atoms with Crippen molar-refractivity contribution < 1.29 is 4.74 Å². The predicted octanol–water partition coefficient (Wildman–Crippen LogP) is 2.67. The third kappa shape index (κ3) is 3.80. The third-order valence-electron chi connectivity index (χ3n) is 4.12. The molecule has 0 atom stereocenters. The summed E-state index contributed by atoms with van der Waals surface area (Å²) in [5.41, 5.74) is 2.20. The van der Waals surface area contributed by atoms with E-state index in [4.69, 9.17) is 4.74 Å². The highest BCUT2D eigenvalue weighted by Crippen LogP contribution is 2.22. The zero-order chi connectivity index (χ0) is 18.6. The maximum Gasteiger partial charge on any atom is 0.272 e. The Hall–Kier alpha value is -3.26. The van der Waals surface area contributed by atoms with E-state index in [2.05, 4.69) is 15.2 Å². The van der Waals surface area contributed by atoms with Gasteiger partial charge in [0, 0.05) is 22.4 Å². The van der Waals surface area contributed by atoms with Gasteiger partial charge in [-0.3, -0.25) is 4.79 Å². The van der Waals surface area contributed by atoms with E-state index in [0.717, 1.165) is 21.9 Å². The van der Waals surface area contributed by atoms with Crippen LogP contribution in [0.5, 0.6) is 5.75 Å². The van der Waals surface area contributed by atoms with Crippen molar-refractivity contribution in [2.45, 2.75) is 13.1 Å².